The van der Waals surface area contributed by atoms with E-state index in [2.05, 4.69) is 22.0 Å². The lowest BCUT2D eigenvalue weighted by atomic mass is 10.0. The van der Waals surface area contributed by atoms with Gasteiger partial charge in [0.15, 0.2) is 11.7 Å². The summed E-state index contributed by atoms with van der Waals surface area (Å²) in [5, 5.41) is 3.82. The molecule has 0 amide bonds. The van der Waals surface area contributed by atoms with Crippen molar-refractivity contribution >= 4 is 5.96 Å². The van der Waals surface area contributed by atoms with Gasteiger partial charge in [-0.1, -0.05) is 12.1 Å². The number of hydrogen-bond acceptors (Lipinski definition) is 3. The van der Waals surface area contributed by atoms with Gasteiger partial charge in [-0.2, -0.15) is 0 Å². The van der Waals surface area contributed by atoms with Crippen molar-refractivity contribution in [2.45, 2.75) is 33.2 Å². The lowest BCUT2D eigenvalue weighted by Gasteiger charge is -2.31. The Bertz CT molecular complexity index is 399. The van der Waals surface area contributed by atoms with Crippen molar-refractivity contribution < 1.29 is 4.52 Å². The molecule has 17 heavy (non-hydrogen) atoms. The van der Waals surface area contributed by atoms with Crippen molar-refractivity contribution in [3.05, 3.63) is 17.5 Å². The van der Waals surface area contributed by atoms with Gasteiger partial charge in [0.05, 0.1) is 5.69 Å². The van der Waals surface area contributed by atoms with Gasteiger partial charge in [-0.15, -0.1) is 0 Å². The van der Waals surface area contributed by atoms with Crippen LogP contribution in [0.15, 0.2) is 15.6 Å². The Morgan fingerprint density at radius 3 is 3.18 bits per heavy atom. The van der Waals surface area contributed by atoms with Gasteiger partial charge in [-0.3, -0.25) is 0 Å². The predicted molar refractivity (Wildman–Crippen MR) is 66.5 cm³/mol. The lowest BCUT2D eigenvalue weighted by molar-refractivity contribution is 0.270. The molecule has 1 aromatic heterocycles. The van der Waals surface area contributed by atoms with Gasteiger partial charge in [-0.05, 0) is 25.7 Å². The van der Waals surface area contributed by atoms with Crippen LogP contribution >= 0.6 is 0 Å². The molecular weight excluding hydrogens is 216 g/mol. The van der Waals surface area contributed by atoms with E-state index in [-0.39, 0.29) is 0 Å². The molecule has 0 aromatic carbocycles. The highest BCUT2D eigenvalue weighted by Gasteiger charge is 2.17. The third-order valence-corrected chi connectivity index (χ3v) is 3.05. The molecule has 1 unspecified atom stereocenters. The minimum atomic E-state index is 0.470. The Hall–Kier alpha value is -1.52. The zero-order valence-electron chi connectivity index (χ0n) is 10.5. The second kappa shape index (κ2) is 5.21. The standard InChI is InChI=1S/C12H20N4O/c1-9-4-3-5-16(8-9)12(13)14-7-11-6-10(2)15-17-11/h6,9H,3-5,7-8H2,1-2H3,(H2,13,14). The Morgan fingerprint density at radius 2 is 2.53 bits per heavy atom. The molecule has 0 spiro atoms. The van der Waals surface area contributed by atoms with Gasteiger partial charge in [0.25, 0.3) is 0 Å². The monoisotopic (exact) mass is 236 g/mol. The molecule has 1 fully saturated rings. The van der Waals surface area contributed by atoms with E-state index >= 15 is 0 Å². The number of nitrogens with two attached hydrogens (primary N) is 1. The molecule has 1 saturated heterocycles. The summed E-state index contributed by atoms with van der Waals surface area (Å²) in [6.07, 6.45) is 2.48. The molecule has 5 heteroatoms. The van der Waals surface area contributed by atoms with Gasteiger partial charge in [0, 0.05) is 19.2 Å². The topological polar surface area (TPSA) is 67.7 Å². The van der Waals surface area contributed by atoms with Crippen LogP contribution in [0.2, 0.25) is 0 Å². The van der Waals surface area contributed by atoms with Crippen LogP contribution in [0.5, 0.6) is 0 Å². The van der Waals surface area contributed by atoms with Crippen LogP contribution in [-0.2, 0) is 6.54 Å². The van der Waals surface area contributed by atoms with Crippen molar-refractivity contribution in [2.24, 2.45) is 16.6 Å². The van der Waals surface area contributed by atoms with Gasteiger partial charge in [0.2, 0.25) is 0 Å². The van der Waals surface area contributed by atoms with Crippen molar-refractivity contribution in [3.63, 3.8) is 0 Å². The minimum absolute atomic E-state index is 0.470. The Kier molecular flexibility index (Phi) is 3.66. The molecule has 1 aliphatic rings. The summed E-state index contributed by atoms with van der Waals surface area (Å²) in [5.41, 5.74) is 6.85. The third kappa shape index (κ3) is 3.22. The highest BCUT2D eigenvalue weighted by atomic mass is 16.5. The molecule has 0 bridgehead atoms. The van der Waals surface area contributed by atoms with Gasteiger partial charge in [0.1, 0.15) is 6.54 Å². The van der Waals surface area contributed by atoms with Gasteiger partial charge in [-0.25, -0.2) is 4.99 Å². The maximum Gasteiger partial charge on any atom is 0.191 e. The minimum Gasteiger partial charge on any atom is -0.370 e. The maximum atomic E-state index is 5.98. The average molecular weight is 236 g/mol. The number of aromatic nitrogens is 1. The average Bonchev–Trinajstić information content (AvgIpc) is 2.72. The lowest BCUT2D eigenvalue weighted by Crippen LogP contribution is -2.43. The zero-order valence-corrected chi connectivity index (χ0v) is 10.5. The SMILES string of the molecule is Cc1cc(CN=C(N)N2CCCC(C)C2)on1. The molecule has 1 aliphatic heterocycles. The summed E-state index contributed by atoms with van der Waals surface area (Å²) in [7, 11) is 0. The highest BCUT2D eigenvalue weighted by molar-refractivity contribution is 5.78. The molecule has 2 rings (SSSR count). The smallest absolute Gasteiger partial charge is 0.191 e. The van der Waals surface area contributed by atoms with Crippen molar-refractivity contribution in [1.82, 2.24) is 10.1 Å². The fourth-order valence-corrected chi connectivity index (χ4v) is 2.15. The normalized spacial score (nSPS) is 21.9. The summed E-state index contributed by atoms with van der Waals surface area (Å²) in [6, 6.07) is 1.88. The first-order valence-electron chi connectivity index (χ1n) is 6.12. The van der Waals surface area contributed by atoms with E-state index in [1.54, 1.807) is 0 Å². The Morgan fingerprint density at radius 1 is 1.71 bits per heavy atom. The van der Waals surface area contributed by atoms with Gasteiger partial charge < -0.3 is 15.2 Å². The maximum absolute atomic E-state index is 5.98. The number of hydrogen-bond donors (Lipinski definition) is 1. The summed E-state index contributed by atoms with van der Waals surface area (Å²) >= 11 is 0. The van der Waals surface area contributed by atoms with Crippen molar-refractivity contribution in [1.29, 1.82) is 0 Å². The number of aliphatic imine (C=N–C) groups is 1. The molecule has 1 aromatic rings. The summed E-state index contributed by atoms with van der Waals surface area (Å²) in [5.74, 6) is 2.08. The summed E-state index contributed by atoms with van der Waals surface area (Å²) < 4.78 is 5.09. The molecule has 94 valence electrons. The first-order chi connectivity index (χ1) is 8.15. The van der Waals surface area contributed by atoms with Crippen LogP contribution in [0.3, 0.4) is 0 Å². The number of aryl methyl sites for hydroxylation is 1. The molecule has 0 aliphatic carbocycles. The number of rotatable bonds is 2. The van der Waals surface area contributed by atoms with Crippen LogP contribution in [0.4, 0.5) is 0 Å². The number of guanidine groups is 1. The van der Waals surface area contributed by atoms with E-state index in [4.69, 9.17) is 10.3 Å². The predicted octanol–water partition coefficient (Wildman–Crippen LogP) is 1.53. The largest absolute Gasteiger partial charge is 0.370 e. The second-order valence-electron chi connectivity index (χ2n) is 4.80. The van der Waals surface area contributed by atoms with E-state index in [0.29, 0.717) is 18.4 Å². The van der Waals surface area contributed by atoms with Gasteiger partial charge >= 0.3 is 0 Å². The van der Waals surface area contributed by atoms with E-state index in [1.165, 1.54) is 12.8 Å². The Balaban J connectivity index is 1.92. The number of nitrogens with zero attached hydrogens (tertiary/aromatic N) is 3. The summed E-state index contributed by atoms with van der Waals surface area (Å²) in [6.45, 7) is 6.63. The van der Waals surface area contributed by atoms with Crippen LogP contribution in [-0.4, -0.2) is 29.1 Å². The van der Waals surface area contributed by atoms with Crippen LogP contribution in [0.25, 0.3) is 0 Å². The zero-order chi connectivity index (χ0) is 12.3. The molecule has 2 N–H and O–H groups in total. The second-order valence-corrected chi connectivity index (χ2v) is 4.80. The molecular formula is C12H20N4O. The molecule has 1 atom stereocenters. The molecule has 0 saturated carbocycles. The Labute approximate surface area is 102 Å². The third-order valence-electron chi connectivity index (χ3n) is 3.05. The van der Waals surface area contributed by atoms with Crippen LogP contribution < -0.4 is 5.73 Å². The van der Waals surface area contributed by atoms with E-state index in [9.17, 15) is 0 Å². The van der Waals surface area contributed by atoms with E-state index < -0.39 is 0 Å². The highest BCUT2D eigenvalue weighted by Crippen LogP contribution is 2.15. The molecule has 5 nitrogen and oxygen atoms in total. The first-order valence-corrected chi connectivity index (χ1v) is 6.12. The number of likely N-dealkylation sites (tertiary alicyclic amines) is 1. The van der Waals surface area contributed by atoms with E-state index in [0.717, 1.165) is 24.5 Å². The van der Waals surface area contributed by atoms with Crippen molar-refractivity contribution in [2.75, 3.05) is 13.1 Å². The summed E-state index contributed by atoms with van der Waals surface area (Å²) in [4.78, 5) is 6.50. The molecule has 2 heterocycles. The first kappa shape index (κ1) is 12.0. The van der Waals surface area contributed by atoms with Crippen LogP contribution in [0.1, 0.15) is 31.2 Å². The van der Waals surface area contributed by atoms with E-state index in [1.807, 2.05) is 13.0 Å². The fraction of sp³-hybridized carbons (Fsp3) is 0.667. The van der Waals surface area contributed by atoms with Crippen molar-refractivity contribution in [3.8, 4) is 0 Å². The molecule has 0 radical (unpaired) electrons. The quantitative estimate of drug-likeness (QED) is 0.624. The fourth-order valence-electron chi connectivity index (χ4n) is 2.15. The van der Waals surface area contributed by atoms with Crippen LogP contribution in [0, 0.1) is 12.8 Å². The number of piperidine rings is 1.